The van der Waals surface area contributed by atoms with Crippen molar-refractivity contribution in [2.24, 2.45) is 0 Å². The zero-order valence-electron chi connectivity index (χ0n) is 15.6. The highest BCUT2D eigenvalue weighted by Crippen LogP contribution is 2.27. The second-order valence-corrected chi connectivity index (χ2v) is 6.48. The number of halogens is 1. The van der Waals surface area contributed by atoms with E-state index in [-0.39, 0.29) is 30.2 Å². The minimum atomic E-state index is -0.930. The average molecular weight is 388 g/mol. The number of amides is 1. The van der Waals surface area contributed by atoms with Gasteiger partial charge in [-0.25, -0.2) is 4.39 Å². The number of nitro benzene ring substituents is 1. The molecular weight excluding hydrogens is 367 g/mol. The lowest BCUT2D eigenvalue weighted by Crippen LogP contribution is -2.32. The van der Waals surface area contributed by atoms with E-state index >= 15 is 0 Å². The molecule has 1 atom stereocenters. The summed E-state index contributed by atoms with van der Waals surface area (Å²) in [5.74, 6) is -1.45. The van der Waals surface area contributed by atoms with Crippen LogP contribution in [-0.2, 0) is 20.7 Å². The van der Waals surface area contributed by atoms with Gasteiger partial charge in [0.05, 0.1) is 35.5 Å². The SMILES string of the molecule is CC(C)OC(=O)C[C@H](NC(=O)Cc1ccc(F)cc1)c1ccccc1[N+](=O)[O-]. The molecule has 2 rings (SSSR count). The lowest BCUT2D eigenvalue weighted by atomic mass is 10.0. The first-order valence-corrected chi connectivity index (χ1v) is 8.73. The van der Waals surface area contributed by atoms with Crippen molar-refractivity contribution in [3.05, 3.63) is 75.6 Å². The Hall–Kier alpha value is -3.29. The molecule has 2 aromatic carbocycles. The first kappa shape index (κ1) is 21.0. The van der Waals surface area contributed by atoms with E-state index in [9.17, 15) is 24.1 Å². The number of para-hydroxylation sites is 1. The second-order valence-electron chi connectivity index (χ2n) is 6.48. The van der Waals surface area contributed by atoms with Gasteiger partial charge in [-0.15, -0.1) is 0 Å². The standard InChI is InChI=1S/C20H21FN2O5/c1-13(2)28-20(25)12-17(16-5-3-4-6-18(16)23(26)27)22-19(24)11-14-7-9-15(21)10-8-14/h3-10,13,17H,11-12H2,1-2H3,(H,22,24)/t17-/m0/s1. The molecule has 0 bridgehead atoms. The van der Waals surface area contributed by atoms with Crippen LogP contribution in [0.2, 0.25) is 0 Å². The number of carbonyl (C=O) groups is 2. The number of hydrogen-bond acceptors (Lipinski definition) is 5. The number of nitrogens with one attached hydrogen (secondary N) is 1. The van der Waals surface area contributed by atoms with Gasteiger partial charge >= 0.3 is 5.97 Å². The van der Waals surface area contributed by atoms with E-state index in [0.717, 1.165) is 0 Å². The molecule has 0 radical (unpaired) electrons. The lowest BCUT2D eigenvalue weighted by Gasteiger charge is -2.19. The molecule has 8 heteroatoms. The summed E-state index contributed by atoms with van der Waals surface area (Å²) in [6.07, 6.45) is -0.664. The molecule has 7 nitrogen and oxygen atoms in total. The van der Waals surface area contributed by atoms with E-state index in [1.54, 1.807) is 19.9 Å². The highest BCUT2D eigenvalue weighted by molar-refractivity contribution is 5.80. The number of benzene rings is 2. The van der Waals surface area contributed by atoms with Crippen LogP contribution in [0.1, 0.15) is 37.4 Å². The van der Waals surface area contributed by atoms with E-state index in [4.69, 9.17) is 4.74 Å². The van der Waals surface area contributed by atoms with E-state index in [0.29, 0.717) is 5.56 Å². The van der Waals surface area contributed by atoms with Crippen molar-refractivity contribution in [2.75, 3.05) is 0 Å². The van der Waals surface area contributed by atoms with Gasteiger partial charge in [0, 0.05) is 6.07 Å². The summed E-state index contributed by atoms with van der Waals surface area (Å²) in [6.45, 7) is 3.37. The summed E-state index contributed by atoms with van der Waals surface area (Å²) >= 11 is 0. The van der Waals surface area contributed by atoms with Gasteiger partial charge in [-0.3, -0.25) is 19.7 Å². The largest absolute Gasteiger partial charge is 0.463 e. The van der Waals surface area contributed by atoms with Gasteiger partial charge in [-0.05, 0) is 31.5 Å². The van der Waals surface area contributed by atoms with Crippen molar-refractivity contribution in [1.82, 2.24) is 5.32 Å². The molecule has 0 aliphatic heterocycles. The van der Waals surface area contributed by atoms with E-state index in [1.165, 1.54) is 42.5 Å². The average Bonchev–Trinajstić information content (AvgIpc) is 2.62. The highest BCUT2D eigenvalue weighted by atomic mass is 19.1. The van der Waals surface area contributed by atoms with Crippen LogP contribution in [0, 0.1) is 15.9 Å². The molecular formula is C20H21FN2O5. The molecule has 0 aromatic heterocycles. The van der Waals surface area contributed by atoms with Gasteiger partial charge in [0.15, 0.2) is 0 Å². The molecule has 0 aliphatic rings. The Balaban J connectivity index is 2.23. The Morgan fingerprint density at radius 1 is 1.14 bits per heavy atom. The number of nitrogens with zero attached hydrogens (tertiary/aromatic N) is 1. The van der Waals surface area contributed by atoms with Crippen molar-refractivity contribution < 1.29 is 23.6 Å². The number of hydrogen-bond donors (Lipinski definition) is 1. The molecule has 1 amide bonds. The van der Waals surface area contributed by atoms with E-state index in [1.807, 2.05) is 0 Å². The Morgan fingerprint density at radius 3 is 2.39 bits per heavy atom. The summed E-state index contributed by atoms with van der Waals surface area (Å²) in [7, 11) is 0. The summed E-state index contributed by atoms with van der Waals surface area (Å²) in [5, 5.41) is 14.0. The number of nitro groups is 1. The highest BCUT2D eigenvalue weighted by Gasteiger charge is 2.26. The minimum Gasteiger partial charge on any atom is -0.463 e. The Labute approximate surface area is 161 Å². The second kappa shape index (κ2) is 9.59. The topological polar surface area (TPSA) is 98.5 Å². The third kappa shape index (κ3) is 6.15. The third-order valence-electron chi connectivity index (χ3n) is 3.86. The van der Waals surface area contributed by atoms with Crippen molar-refractivity contribution in [1.29, 1.82) is 0 Å². The number of esters is 1. The van der Waals surface area contributed by atoms with Crippen LogP contribution < -0.4 is 5.32 Å². The van der Waals surface area contributed by atoms with Gasteiger partial charge in [-0.1, -0.05) is 30.3 Å². The molecule has 28 heavy (non-hydrogen) atoms. The minimum absolute atomic E-state index is 0.0589. The third-order valence-corrected chi connectivity index (χ3v) is 3.86. The number of carbonyl (C=O) groups excluding carboxylic acids is 2. The molecule has 148 valence electrons. The summed E-state index contributed by atoms with van der Waals surface area (Å²) in [6, 6.07) is 10.4. The van der Waals surface area contributed by atoms with Gasteiger partial charge in [-0.2, -0.15) is 0 Å². The van der Waals surface area contributed by atoms with Crippen LogP contribution in [0.3, 0.4) is 0 Å². The van der Waals surface area contributed by atoms with Crippen LogP contribution in [0.4, 0.5) is 10.1 Å². The fourth-order valence-corrected chi connectivity index (χ4v) is 2.70. The van der Waals surface area contributed by atoms with E-state index in [2.05, 4.69) is 5.32 Å². The molecule has 0 spiro atoms. The van der Waals surface area contributed by atoms with E-state index < -0.39 is 28.7 Å². The van der Waals surface area contributed by atoms with Crippen LogP contribution in [0.5, 0.6) is 0 Å². The fraction of sp³-hybridized carbons (Fsp3) is 0.300. The number of ether oxygens (including phenoxy) is 1. The van der Waals surface area contributed by atoms with Crippen molar-refractivity contribution in [2.45, 2.75) is 38.8 Å². The fourth-order valence-electron chi connectivity index (χ4n) is 2.70. The summed E-state index contributed by atoms with van der Waals surface area (Å²) < 4.78 is 18.1. The molecule has 0 aliphatic carbocycles. The quantitative estimate of drug-likeness (QED) is 0.424. The first-order valence-electron chi connectivity index (χ1n) is 8.73. The zero-order valence-corrected chi connectivity index (χ0v) is 15.6. The zero-order chi connectivity index (χ0) is 20.7. The molecule has 0 heterocycles. The normalized spacial score (nSPS) is 11.7. The van der Waals surface area contributed by atoms with Gasteiger partial charge in [0.2, 0.25) is 5.91 Å². The van der Waals surface area contributed by atoms with Crippen LogP contribution in [-0.4, -0.2) is 22.9 Å². The number of rotatable bonds is 8. The summed E-state index contributed by atoms with van der Waals surface area (Å²) in [5.41, 5.74) is 0.581. The van der Waals surface area contributed by atoms with Crippen LogP contribution in [0.25, 0.3) is 0 Å². The van der Waals surface area contributed by atoms with Gasteiger partial charge in [0.1, 0.15) is 5.82 Å². The maximum atomic E-state index is 13.0. The summed E-state index contributed by atoms with van der Waals surface area (Å²) in [4.78, 5) is 35.3. The Morgan fingerprint density at radius 2 is 1.79 bits per heavy atom. The van der Waals surface area contributed by atoms with Gasteiger partial charge < -0.3 is 10.1 Å². The van der Waals surface area contributed by atoms with Crippen molar-refractivity contribution in [3.8, 4) is 0 Å². The molecule has 0 saturated carbocycles. The molecule has 2 aromatic rings. The maximum absolute atomic E-state index is 13.0. The predicted molar refractivity (Wildman–Crippen MR) is 99.9 cm³/mol. The molecule has 0 fully saturated rings. The Bertz CT molecular complexity index is 852. The molecule has 0 saturated heterocycles. The smallest absolute Gasteiger partial charge is 0.308 e. The van der Waals surface area contributed by atoms with Crippen LogP contribution >= 0.6 is 0 Å². The molecule has 0 unspecified atom stereocenters. The Kier molecular flexibility index (Phi) is 7.20. The predicted octanol–water partition coefficient (Wildman–Crippen LogP) is 3.48. The maximum Gasteiger partial charge on any atom is 0.308 e. The molecule has 1 N–H and O–H groups in total. The van der Waals surface area contributed by atoms with Crippen molar-refractivity contribution >= 4 is 17.6 Å². The monoisotopic (exact) mass is 388 g/mol. The lowest BCUT2D eigenvalue weighted by molar-refractivity contribution is -0.385. The van der Waals surface area contributed by atoms with Crippen molar-refractivity contribution in [3.63, 3.8) is 0 Å². The van der Waals surface area contributed by atoms with Gasteiger partial charge in [0.25, 0.3) is 5.69 Å². The first-order chi connectivity index (χ1) is 13.3. The van der Waals surface area contributed by atoms with Crippen LogP contribution in [0.15, 0.2) is 48.5 Å².